The predicted molar refractivity (Wildman–Crippen MR) is 75.4 cm³/mol. The van der Waals surface area contributed by atoms with Gasteiger partial charge in [-0.1, -0.05) is 19.1 Å². The number of halogens is 1. The van der Waals surface area contributed by atoms with E-state index in [9.17, 15) is 0 Å². The fraction of sp³-hybridized carbons (Fsp3) is 0.500. The highest BCUT2D eigenvalue weighted by Crippen LogP contribution is 2.24. The summed E-state index contributed by atoms with van der Waals surface area (Å²) in [4.78, 5) is 4.68. The topological polar surface area (TPSA) is 27.1 Å². The van der Waals surface area contributed by atoms with E-state index in [0.717, 1.165) is 24.2 Å². The second-order valence-corrected chi connectivity index (χ2v) is 4.72. The molecule has 0 saturated heterocycles. The summed E-state index contributed by atoms with van der Waals surface area (Å²) in [5.41, 5.74) is 2.20. The minimum Gasteiger partial charge on any atom is -0.383 e. The van der Waals surface area contributed by atoms with Gasteiger partial charge in [0.1, 0.15) is 5.82 Å². The molecule has 3 nitrogen and oxygen atoms in total. The Morgan fingerprint density at radius 1 is 1.39 bits per heavy atom. The van der Waals surface area contributed by atoms with E-state index in [1.165, 1.54) is 5.52 Å². The Hall–Kier alpha value is -1.06. The standard InChI is InChI=1S/C14H19ClN2O/c1-3-11(10-18-2)17-13-7-5-4-6-12(13)16-14(17)8-9-15/h4-7,11H,3,8-10H2,1-2H3. The third-order valence-corrected chi connectivity index (χ3v) is 3.37. The van der Waals surface area contributed by atoms with Gasteiger partial charge in [-0.05, 0) is 18.6 Å². The molecule has 1 atom stereocenters. The van der Waals surface area contributed by atoms with Crippen molar-refractivity contribution in [3.63, 3.8) is 0 Å². The third kappa shape index (κ3) is 2.52. The lowest BCUT2D eigenvalue weighted by Crippen LogP contribution is -2.16. The normalized spacial score (nSPS) is 13.1. The van der Waals surface area contributed by atoms with Gasteiger partial charge in [-0.25, -0.2) is 4.98 Å². The molecule has 0 saturated carbocycles. The van der Waals surface area contributed by atoms with Gasteiger partial charge < -0.3 is 9.30 Å². The summed E-state index contributed by atoms with van der Waals surface area (Å²) in [5, 5.41) is 0. The molecule has 1 aromatic heterocycles. The van der Waals surface area contributed by atoms with Gasteiger partial charge in [0.25, 0.3) is 0 Å². The Morgan fingerprint density at radius 2 is 2.17 bits per heavy atom. The summed E-state index contributed by atoms with van der Waals surface area (Å²) in [6.07, 6.45) is 1.81. The van der Waals surface area contributed by atoms with E-state index in [0.29, 0.717) is 18.5 Å². The molecular formula is C14H19ClN2O. The molecule has 4 heteroatoms. The summed E-state index contributed by atoms with van der Waals surface area (Å²) in [7, 11) is 1.74. The molecule has 0 radical (unpaired) electrons. The molecule has 1 aromatic carbocycles. The van der Waals surface area contributed by atoms with E-state index in [-0.39, 0.29) is 0 Å². The molecule has 0 fully saturated rings. The highest BCUT2D eigenvalue weighted by atomic mass is 35.5. The molecule has 98 valence electrons. The number of para-hydroxylation sites is 2. The molecule has 0 aliphatic carbocycles. The maximum atomic E-state index is 5.88. The highest BCUT2D eigenvalue weighted by Gasteiger charge is 2.17. The first-order valence-electron chi connectivity index (χ1n) is 6.32. The lowest BCUT2D eigenvalue weighted by molar-refractivity contribution is 0.153. The number of ether oxygens (including phenoxy) is 1. The van der Waals surface area contributed by atoms with Crippen LogP contribution in [0.4, 0.5) is 0 Å². The fourth-order valence-corrected chi connectivity index (χ4v) is 2.50. The first kappa shape index (κ1) is 13.4. The second kappa shape index (κ2) is 6.21. The Labute approximate surface area is 113 Å². The van der Waals surface area contributed by atoms with Crippen LogP contribution >= 0.6 is 11.6 Å². The molecule has 1 heterocycles. The van der Waals surface area contributed by atoms with Crippen LogP contribution in [0.2, 0.25) is 0 Å². The van der Waals surface area contributed by atoms with Gasteiger partial charge in [0.2, 0.25) is 0 Å². The highest BCUT2D eigenvalue weighted by molar-refractivity contribution is 6.17. The fourth-order valence-electron chi connectivity index (χ4n) is 2.33. The molecule has 2 aromatic rings. The first-order chi connectivity index (χ1) is 8.81. The van der Waals surface area contributed by atoms with Gasteiger partial charge in [0, 0.05) is 19.4 Å². The van der Waals surface area contributed by atoms with Gasteiger partial charge >= 0.3 is 0 Å². The summed E-state index contributed by atoms with van der Waals surface area (Å²) >= 11 is 5.88. The number of rotatable bonds is 6. The monoisotopic (exact) mass is 266 g/mol. The predicted octanol–water partition coefficient (Wildman–Crippen LogP) is 3.42. The number of hydrogen-bond donors (Lipinski definition) is 0. The Morgan fingerprint density at radius 3 is 2.83 bits per heavy atom. The largest absolute Gasteiger partial charge is 0.383 e. The van der Waals surface area contributed by atoms with Crippen molar-refractivity contribution in [2.45, 2.75) is 25.8 Å². The van der Waals surface area contributed by atoms with E-state index < -0.39 is 0 Å². The number of fused-ring (bicyclic) bond motifs is 1. The van der Waals surface area contributed by atoms with E-state index >= 15 is 0 Å². The number of benzene rings is 1. The number of hydrogen-bond acceptors (Lipinski definition) is 2. The smallest absolute Gasteiger partial charge is 0.111 e. The quantitative estimate of drug-likeness (QED) is 0.749. The van der Waals surface area contributed by atoms with Crippen LogP contribution in [0, 0.1) is 0 Å². The summed E-state index contributed by atoms with van der Waals surface area (Å²) in [6, 6.07) is 8.54. The van der Waals surface area contributed by atoms with Gasteiger partial charge in [0.05, 0.1) is 23.7 Å². The minimum absolute atomic E-state index is 0.320. The number of methoxy groups -OCH3 is 1. The van der Waals surface area contributed by atoms with Crippen molar-refractivity contribution in [3.8, 4) is 0 Å². The van der Waals surface area contributed by atoms with Crippen molar-refractivity contribution in [1.29, 1.82) is 0 Å². The van der Waals surface area contributed by atoms with Crippen LogP contribution in [-0.4, -0.2) is 29.1 Å². The summed E-state index contributed by atoms with van der Waals surface area (Å²) in [6.45, 7) is 2.87. The molecule has 0 aliphatic heterocycles. The van der Waals surface area contributed by atoms with Crippen LogP contribution in [0.3, 0.4) is 0 Å². The molecule has 0 aliphatic rings. The van der Waals surface area contributed by atoms with Crippen molar-refractivity contribution < 1.29 is 4.74 Å². The first-order valence-corrected chi connectivity index (χ1v) is 6.86. The summed E-state index contributed by atoms with van der Waals surface area (Å²) < 4.78 is 7.60. The third-order valence-electron chi connectivity index (χ3n) is 3.18. The van der Waals surface area contributed by atoms with Crippen molar-refractivity contribution in [2.24, 2.45) is 0 Å². The average Bonchev–Trinajstić information content (AvgIpc) is 2.74. The molecule has 0 spiro atoms. The second-order valence-electron chi connectivity index (χ2n) is 4.34. The zero-order valence-corrected chi connectivity index (χ0v) is 11.7. The van der Waals surface area contributed by atoms with Gasteiger partial charge in [-0.2, -0.15) is 0 Å². The van der Waals surface area contributed by atoms with Crippen molar-refractivity contribution in [2.75, 3.05) is 19.6 Å². The number of aryl methyl sites for hydroxylation is 1. The van der Waals surface area contributed by atoms with E-state index in [4.69, 9.17) is 16.3 Å². The SMILES string of the molecule is CCC(COC)n1c(CCCl)nc2ccccc21. The summed E-state index contributed by atoms with van der Waals surface area (Å²) in [5.74, 6) is 1.64. The number of alkyl halides is 1. The average molecular weight is 267 g/mol. The van der Waals surface area contributed by atoms with E-state index in [2.05, 4.69) is 22.5 Å². The van der Waals surface area contributed by atoms with Gasteiger partial charge in [-0.3, -0.25) is 0 Å². The van der Waals surface area contributed by atoms with Crippen molar-refractivity contribution in [3.05, 3.63) is 30.1 Å². The minimum atomic E-state index is 0.320. The molecule has 18 heavy (non-hydrogen) atoms. The lowest BCUT2D eigenvalue weighted by Gasteiger charge is -2.19. The maximum absolute atomic E-state index is 5.88. The number of nitrogens with zero attached hydrogens (tertiary/aromatic N) is 2. The molecule has 0 amide bonds. The lowest BCUT2D eigenvalue weighted by atomic mass is 10.2. The molecule has 0 bridgehead atoms. The van der Waals surface area contributed by atoms with Gasteiger partial charge in [-0.15, -0.1) is 11.6 Å². The Balaban J connectivity index is 2.52. The number of imidazole rings is 1. The van der Waals surface area contributed by atoms with Crippen molar-refractivity contribution >= 4 is 22.6 Å². The van der Waals surface area contributed by atoms with Crippen molar-refractivity contribution in [1.82, 2.24) is 9.55 Å². The zero-order chi connectivity index (χ0) is 13.0. The van der Waals surface area contributed by atoms with Crippen LogP contribution in [-0.2, 0) is 11.2 Å². The van der Waals surface area contributed by atoms with E-state index in [1.807, 2.05) is 18.2 Å². The van der Waals surface area contributed by atoms with E-state index in [1.54, 1.807) is 7.11 Å². The van der Waals surface area contributed by atoms with Crippen LogP contribution < -0.4 is 0 Å². The van der Waals surface area contributed by atoms with Crippen LogP contribution in [0.25, 0.3) is 11.0 Å². The number of aromatic nitrogens is 2. The molecule has 2 rings (SSSR count). The Kier molecular flexibility index (Phi) is 4.61. The zero-order valence-electron chi connectivity index (χ0n) is 10.9. The van der Waals surface area contributed by atoms with Crippen LogP contribution in [0.15, 0.2) is 24.3 Å². The van der Waals surface area contributed by atoms with Gasteiger partial charge in [0.15, 0.2) is 0 Å². The molecular weight excluding hydrogens is 248 g/mol. The maximum Gasteiger partial charge on any atom is 0.111 e. The molecule has 1 unspecified atom stereocenters. The van der Waals surface area contributed by atoms with Crippen LogP contribution in [0.1, 0.15) is 25.2 Å². The van der Waals surface area contributed by atoms with Crippen LogP contribution in [0.5, 0.6) is 0 Å². The molecule has 0 N–H and O–H groups in total. The Bertz CT molecular complexity index is 509.